The van der Waals surface area contributed by atoms with Crippen LogP contribution in [0, 0.1) is 17.4 Å². The molecule has 6 nitrogen and oxygen atoms in total. The van der Waals surface area contributed by atoms with Crippen LogP contribution >= 0.6 is 34.2 Å². The quantitative estimate of drug-likeness (QED) is 0.137. The summed E-state index contributed by atoms with van der Waals surface area (Å²) in [6.07, 6.45) is 1.65. The van der Waals surface area contributed by atoms with Crippen molar-refractivity contribution in [1.29, 1.82) is 0 Å². The second kappa shape index (κ2) is 11.6. The van der Waals surface area contributed by atoms with Crippen molar-refractivity contribution < 1.29 is 14.3 Å². The Balaban J connectivity index is 1.43. The van der Waals surface area contributed by atoms with Crippen LogP contribution < -0.4 is 14.9 Å². The highest BCUT2D eigenvalue weighted by atomic mass is 127. The first kappa shape index (κ1) is 25.8. The summed E-state index contributed by atoms with van der Waals surface area (Å²) in [7, 11) is 1.58. The van der Waals surface area contributed by atoms with Crippen LogP contribution in [0.4, 0.5) is 0 Å². The Morgan fingerprint density at radius 2 is 1.83 bits per heavy atom. The van der Waals surface area contributed by atoms with Crippen LogP contribution in [0.15, 0.2) is 77.9 Å². The average molecular weight is 614 g/mol. The van der Waals surface area contributed by atoms with E-state index in [0.717, 1.165) is 37.5 Å². The zero-order valence-corrected chi connectivity index (χ0v) is 23.0. The number of amides is 1. The van der Waals surface area contributed by atoms with E-state index in [-0.39, 0.29) is 5.91 Å². The van der Waals surface area contributed by atoms with E-state index in [4.69, 9.17) is 21.1 Å². The summed E-state index contributed by atoms with van der Waals surface area (Å²) in [6, 6.07) is 22.8. The van der Waals surface area contributed by atoms with Gasteiger partial charge < -0.3 is 14.0 Å². The molecule has 0 bridgehead atoms. The Bertz CT molecular complexity index is 1410. The van der Waals surface area contributed by atoms with Crippen LogP contribution in [0.2, 0.25) is 5.02 Å². The van der Waals surface area contributed by atoms with Gasteiger partial charge in [-0.2, -0.15) is 5.10 Å². The standard InChI is InChI=1S/C28H25ClIN3O3/c1-18-14-22(16-31-32-28(34)20-8-13-26(30)27(15-20)35-3)19(2)33(18)23-9-11-24(12-10-23)36-17-21-6-4-5-7-25(21)29/h4-16H,17H2,1-3H3,(H,32,34)/b31-16-. The van der Waals surface area contributed by atoms with E-state index < -0.39 is 0 Å². The molecular weight excluding hydrogens is 589 g/mol. The molecule has 1 N–H and O–H groups in total. The molecule has 3 aromatic carbocycles. The number of halogens is 2. The number of nitrogens with one attached hydrogen (secondary N) is 1. The Labute approximate surface area is 229 Å². The molecule has 0 unspecified atom stereocenters. The Hall–Kier alpha value is -3.30. The van der Waals surface area contributed by atoms with Gasteiger partial charge in [0, 0.05) is 38.8 Å². The number of aromatic nitrogens is 1. The minimum Gasteiger partial charge on any atom is -0.496 e. The summed E-state index contributed by atoms with van der Waals surface area (Å²) in [5, 5.41) is 4.86. The maximum absolute atomic E-state index is 12.5. The van der Waals surface area contributed by atoms with E-state index in [1.165, 1.54) is 0 Å². The van der Waals surface area contributed by atoms with Crippen LogP contribution in [0.3, 0.4) is 0 Å². The number of carbonyl (C=O) groups excluding carboxylic acids is 1. The predicted molar refractivity (Wildman–Crippen MR) is 152 cm³/mol. The Morgan fingerprint density at radius 1 is 1.08 bits per heavy atom. The third-order valence-electron chi connectivity index (χ3n) is 5.70. The fourth-order valence-electron chi connectivity index (χ4n) is 3.81. The van der Waals surface area contributed by atoms with Gasteiger partial charge in [0.05, 0.1) is 16.9 Å². The highest BCUT2D eigenvalue weighted by molar-refractivity contribution is 14.1. The Morgan fingerprint density at radius 3 is 2.56 bits per heavy atom. The van der Waals surface area contributed by atoms with Gasteiger partial charge in [0.1, 0.15) is 18.1 Å². The third-order valence-corrected chi connectivity index (χ3v) is 6.96. The number of nitrogens with zero attached hydrogens (tertiary/aromatic N) is 2. The van der Waals surface area contributed by atoms with Crippen molar-refractivity contribution in [3.8, 4) is 17.2 Å². The van der Waals surface area contributed by atoms with E-state index in [2.05, 4.69) is 37.7 Å². The van der Waals surface area contributed by atoms with Crippen LogP contribution in [0.25, 0.3) is 5.69 Å². The molecule has 0 fully saturated rings. The summed E-state index contributed by atoms with van der Waals surface area (Å²) < 4.78 is 14.2. The number of methoxy groups -OCH3 is 1. The van der Waals surface area contributed by atoms with Gasteiger partial charge in [-0.25, -0.2) is 5.43 Å². The van der Waals surface area contributed by atoms with E-state index in [1.807, 2.05) is 74.5 Å². The van der Waals surface area contributed by atoms with Gasteiger partial charge in [-0.1, -0.05) is 29.8 Å². The van der Waals surface area contributed by atoms with Gasteiger partial charge in [0.25, 0.3) is 5.91 Å². The zero-order valence-electron chi connectivity index (χ0n) is 20.1. The van der Waals surface area contributed by atoms with Crippen molar-refractivity contribution >= 4 is 46.3 Å². The number of hydrogen-bond donors (Lipinski definition) is 1. The lowest BCUT2D eigenvalue weighted by Gasteiger charge is -2.12. The second-order valence-corrected chi connectivity index (χ2v) is 9.65. The maximum atomic E-state index is 12.5. The Kier molecular flexibility index (Phi) is 8.32. The van der Waals surface area contributed by atoms with Gasteiger partial charge in [-0.15, -0.1) is 0 Å². The minimum atomic E-state index is -0.304. The summed E-state index contributed by atoms with van der Waals surface area (Å²) in [5.74, 6) is 1.11. The molecule has 184 valence electrons. The number of carbonyl (C=O) groups is 1. The molecule has 1 heterocycles. The lowest BCUT2D eigenvalue weighted by atomic mass is 10.2. The summed E-state index contributed by atoms with van der Waals surface area (Å²) in [6.45, 7) is 4.45. The van der Waals surface area contributed by atoms with E-state index >= 15 is 0 Å². The number of rotatable bonds is 8. The molecular formula is C28H25ClIN3O3. The van der Waals surface area contributed by atoms with Crippen LogP contribution in [0.1, 0.15) is 32.9 Å². The zero-order chi connectivity index (χ0) is 25.7. The third kappa shape index (κ3) is 5.91. The van der Waals surface area contributed by atoms with Crippen molar-refractivity contribution in [3.63, 3.8) is 0 Å². The van der Waals surface area contributed by atoms with E-state index in [9.17, 15) is 4.79 Å². The molecule has 4 aromatic rings. The van der Waals surface area contributed by atoms with Crippen molar-refractivity contribution in [2.75, 3.05) is 7.11 Å². The van der Waals surface area contributed by atoms with Crippen LogP contribution in [-0.4, -0.2) is 23.8 Å². The summed E-state index contributed by atoms with van der Waals surface area (Å²) in [5.41, 5.74) is 7.98. The van der Waals surface area contributed by atoms with Gasteiger partial charge in [-0.05, 0) is 91.0 Å². The van der Waals surface area contributed by atoms with E-state index in [1.54, 1.807) is 25.5 Å². The largest absolute Gasteiger partial charge is 0.496 e. The summed E-state index contributed by atoms with van der Waals surface area (Å²) >= 11 is 8.37. The number of aryl methyl sites for hydroxylation is 1. The second-order valence-electron chi connectivity index (χ2n) is 8.08. The first-order valence-corrected chi connectivity index (χ1v) is 12.7. The molecule has 8 heteroatoms. The molecule has 0 saturated carbocycles. The van der Waals surface area contributed by atoms with E-state index in [0.29, 0.717) is 22.9 Å². The molecule has 0 radical (unpaired) electrons. The fraction of sp³-hybridized carbons (Fsp3) is 0.143. The number of hydrogen-bond acceptors (Lipinski definition) is 4. The first-order valence-electron chi connectivity index (χ1n) is 11.2. The van der Waals surface area contributed by atoms with Crippen LogP contribution in [0.5, 0.6) is 11.5 Å². The molecule has 0 atom stereocenters. The van der Waals surface area contributed by atoms with Gasteiger partial charge in [-0.3, -0.25) is 4.79 Å². The summed E-state index contributed by atoms with van der Waals surface area (Å²) in [4.78, 5) is 12.5. The van der Waals surface area contributed by atoms with Gasteiger partial charge in [0.15, 0.2) is 0 Å². The predicted octanol–water partition coefficient (Wildman–Crippen LogP) is 6.70. The first-order chi connectivity index (χ1) is 17.4. The molecule has 1 amide bonds. The van der Waals surface area contributed by atoms with Crippen molar-refractivity contribution in [3.05, 3.63) is 109 Å². The molecule has 0 aliphatic heterocycles. The number of hydrazone groups is 1. The lowest BCUT2D eigenvalue weighted by molar-refractivity contribution is 0.0954. The lowest BCUT2D eigenvalue weighted by Crippen LogP contribution is -2.17. The molecule has 1 aromatic heterocycles. The fourth-order valence-corrected chi connectivity index (χ4v) is 4.56. The van der Waals surface area contributed by atoms with Gasteiger partial charge in [0.2, 0.25) is 0 Å². The minimum absolute atomic E-state index is 0.304. The molecule has 36 heavy (non-hydrogen) atoms. The molecule has 0 aliphatic carbocycles. The average Bonchev–Trinajstić information content (AvgIpc) is 3.16. The van der Waals surface area contributed by atoms with Crippen molar-refractivity contribution in [1.82, 2.24) is 9.99 Å². The molecule has 0 spiro atoms. The van der Waals surface area contributed by atoms with Crippen molar-refractivity contribution in [2.45, 2.75) is 20.5 Å². The highest BCUT2D eigenvalue weighted by Crippen LogP contribution is 2.24. The SMILES string of the molecule is COc1cc(C(=O)N/N=C\c2cc(C)n(-c3ccc(OCc4ccccc4Cl)cc3)c2C)ccc1I. The highest BCUT2D eigenvalue weighted by Gasteiger charge is 2.11. The van der Waals surface area contributed by atoms with Gasteiger partial charge >= 0.3 is 0 Å². The number of ether oxygens (including phenoxy) is 2. The molecule has 0 saturated heterocycles. The van der Waals surface area contributed by atoms with Crippen molar-refractivity contribution in [2.24, 2.45) is 5.10 Å². The normalized spacial score (nSPS) is 11.0. The molecule has 4 rings (SSSR count). The van der Waals surface area contributed by atoms with Crippen LogP contribution in [-0.2, 0) is 6.61 Å². The maximum Gasteiger partial charge on any atom is 0.271 e. The smallest absolute Gasteiger partial charge is 0.271 e. The monoisotopic (exact) mass is 613 g/mol. The molecule has 0 aliphatic rings. The number of benzene rings is 3. The topological polar surface area (TPSA) is 64.8 Å².